The minimum atomic E-state index is 0.228. The van der Waals surface area contributed by atoms with Crippen LogP contribution in [0.3, 0.4) is 0 Å². The molecule has 0 spiro atoms. The second-order valence-corrected chi connectivity index (χ2v) is 5.47. The molecule has 1 aliphatic rings. The third-order valence-electron chi connectivity index (χ3n) is 3.97. The van der Waals surface area contributed by atoms with Gasteiger partial charge in [0.05, 0.1) is 6.17 Å². The summed E-state index contributed by atoms with van der Waals surface area (Å²) in [5.74, 6) is 2.38. The average molecular weight is 212 g/mol. The summed E-state index contributed by atoms with van der Waals surface area (Å²) >= 11 is 0. The molecule has 0 radical (unpaired) electrons. The summed E-state index contributed by atoms with van der Waals surface area (Å²) in [7, 11) is 0. The molecule has 0 aromatic carbocycles. The standard InChI is InChI=1S/C13H28N2/c1-4-10(2)9-15-13(14)12-7-5-11(3)6-8-12/h10-13,15H,4-9,14H2,1-3H3. The molecule has 2 nitrogen and oxygen atoms in total. The topological polar surface area (TPSA) is 38.0 Å². The van der Waals surface area contributed by atoms with Crippen molar-refractivity contribution in [2.45, 2.75) is 59.0 Å². The van der Waals surface area contributed by atoms with E-state index in [-0.39, 0.29) is 6.17 Å². The number of hydrogen-bond donors (Lipinski definition) is 2. The molecule has 1 fully saturated rings. The first-order chi connectivity index (χ1) is 7.13. The van der Waals surface area contributed by atoms with Crippen LogP contribution in [0.2, 0.25) is 0 Å². The summed E-state index contributed by atoms with van der Waals surface area (Å²) in [5, 5.41) is 3.50. The quantitative estimate of drug-likeness (QED) is 0.688. The van der Waals surface area contributed by atoms with E-state index in [9.17, 15) is 0 Å². The summed E-state index contributed by atoms with van der Waals surface area (Å²) in [5.41, 5.74) is 6.19. The van der Waals surface area contributed by atoms with Gasteiger partial charge in [-0.05, 0) is 37.1 Å². The summed E-state index contributed by atoms with van der Waals surface area (Å²) in [6, 6.07) is 0. The molecule has 0 saturated heterocycles. The molecule has 0 aromatic rings. The van der Waals surface area contributed by atoms with Crippen LogP contribution < -0.4 is 11.1 Å². The Labute approximate surface area is 95.0 Å². The van der Waals surface area contributed by atoms with Crippen LogP contribution in [0.1, 0.15) is 52.9 Å². The van der Waals surface area contributed by atoms with Crippen LogP contribution in [0.25, 0.3) is 0 Å². The fourth-order valence-electron chi connectivity index (χ4n) is 2.29. The van der Waals surface area contributed by atoms with E-state index in [4.69, 9.17) is 5.73 Å². The smallest absolute Gasteiger partial charge is 0.0575 e. The average Bonchev–Trinajstić information content (AvgIpc) is 2.26. The maximum Gasteiger partial charge on any atom is 0.0575 e. The normalized spacial score (nSPS) is 31.2. The molecule has 1 rings (SSSR count). The molecule has 2 heteroatoms. The zero-order chi connectivity index (χ0) is 11.3. The van der Waals surface area contributed by atoms with Crippen LogP contribution in [0.15, 0.2) is 0 Å². The van der Waals surface area contributed by atoms with E-state index in [2.05, 4.69) is 26.1 Å². The Hall–Kier alpha value is -0.0800. The molecule has 2 unspecified atom stereocenters. The molecule has 2 atom stereocenters. The van der Waals surface area contributed by atoms with E-state index in [0.29, 0.717) is 5.92 Å². The Morgan fingerprint density at radius 3 is 2.40 bits per heavy atom. The fraction of sp³-hybridized carbons (Fsp3) is 1.00. The van der Waals surface area contributed by atoms with Gasteiger partial charge in [0.25, 0.3) is 0 Å². The SMILES string of the molecule is CCC(C)CNC(N)C1CCC(C)CC1. The number of hydrogen-bond acceptors (Lipinski definition) is 2. The van der Waals surface area contributed by atoms with Gasteiger partial charge in [-0.2, -0.15) is 0 Å². The third-order valence-corrected chi connectivity index (χ3v) is 3.97. The van der Waals surface area contributed by atoms with Gasteiger partial charge in [-0.25, -0.2) is 0 Å². The van der Waals surface area contributed by atoms with Crippen molar-refractivity contribution < 1.29 is 0 Å². The van der Waals surface area contributed by atoms with Crippen molar-refractivity contribution in [3.8, 4) is 0 Å². The van der Waals surface area contributed by atoms with Gasteiger partial charge in [-0.3, -0.25) is 0 Å². The molecular weight excluding hydrogens is 184 g/mol. The number of nitrogens with one attached hydrogen (secondary N) is 1. The van der Waals surface area contributed by atoms with E-state index >= 15 is 0 Å². The molecule has 0 aromatic heterocycles. The first-order valence-electron chi connectivity index (χ1n) is 6.62. The predicted molar refractivity (Wildman–Crippen MR) is 66.6 cm³/mol. The van der Waals surface area contributed by atoms with Crippen molar-refractivity contribution in [2.24, 2.45) is 23.5 Å². The van der Waals surface area contributed by atoms with Crippen molar-refractivity contribution in [1.29, 1.82) is 0 Å². The monoisotopic (exact) mass is 212 g/mol. The minimum absolute atomic E-state index is 0.228. The zero-order valence-electron chi connectivity index (χ0n) is 10.6. The molecule has 0 bridgehead atoms. The van der Waals surface area contributed by atoms with Gasteiger partial charge in [0.2, 0.25) is 0 Å². The summed E-state index contributed by atoms with van der Waals surface area (Å²) < 4.78 is 0. The highest BCUT2D eigenvalue weighted by Gasteiger charge is 2.23. The maximum absolute atomic E-state index is 6.19. The highest BCUT2D eigenvalue weighted by atomic mass is 15.0. The van der Waals surface area contributed by atoms with Crippen molar-refractivity contribution >= 4 is 0 Å². The van der Waals surface area contributed by atoms with Crippen LogP contribution in [0, 0.1) is 17.8 Å². The van der Waals surface area contributed by atoms with E-state index in [1.54, 1.807) is 0 Å². The van der Waals surface area contributed by atoms with Gasteiger partial charge in [0.15, 0.2) is 0 Å². The highest BCUT2D eigenvalue weighted by Crippen LogP contribution is 2.29. The lowest BCUT2D eigenvalue weighted by Crippen LogP contribution is -2.46. The van der Waals surface area contributed by atoms with Crippen LogP contribution in [0.5, 0.6) is 0 Å². The summed E-state index contributed by atoms with van der Waals surface area (Å²) in [6.45, 7) is 7.95. The van der Waals surface area contributed by atoms with E-state index in [1.165, 1.54) is 32.1 Å². The second kappa shape index (κ2) is 6.49. The second-order valence-electron chi connectivity index (χ2n) is 5.47. The minimum Gasteiger partial charge on any atom is -0.316 e. The molecule has 90 valence electrons. The van der Waals surface area contributed by atoms with Crippen molar-refractivity contribution in [3.05, 3.63) is 0 Å². The Bertz CT molecular complexity index is 162. The van der Waals surface area contributed by atoms with Crippen LogP contribution in [-0.4, -0.2) is 12.7 Å². The van der Waals surface area contributed by atoms with Crippen LogP contribution in [-0.2, 0) is 0 Å². The molecule has 3 N–H and O–H groups in total. The molecule has 0 aliphatic heterocycles. The van der Waals surface area contributed by atoms with E-state index in [1.807, 2.05) is 0 Å². The molecule has 1 aliphatic carbocycles. The third kappa shape index (κ3) is 4.52. The predicted octanol–water partition coefficient (Wildman–Crippen LogP) is 2.73. The first kappa shape index (κ1) is 13.0. The first-order valence-corrected chi connectivity index (χ1v) is 6.62. The van der Waals surface area contributed by atoms with E-state index < -0.39 is 0 Å². The molecule has 1 saturated carbocycles. The van der Waals surface area contributed by atoms with Gasteiger partial charge in [-0.1, -0.05) is 40.0 Å². The Morgan fingerprint density at radius 1 is 1.27 bits per heavy atom. The van der Waals surface area contributed by atoms with E-state index in [0.717, 1.165) is 18.4 Å². The van der Waals surface area contributed by atoms with Crippen molar-refractivity contribution in [2.75, 3.05) is 6.54 Å². The lowest BCUT2D eigenvalue weighted by Gasteiger charge is -2.31. The Balaban J connectivity index is 2.19. The lowest BCUT2D eigenvalue weighted by atomic mass is 9.81. The Morgan fingerprint density at radius 2 is 1.87 bits per heavy atom. The number of nitrogens with two attached hydrogens (primary N) is 1. The highest BCUT2D eigenvalue weighted by molar-refractivity contribution is 4.77. The molecular formula is C13H28N2. The number of rotatable bonds is 5. The fourth-order valence-corrected chi connectivity index (χ4v) is 2.29. The lowest BCUT2D eigenvalue weighted by molar-refractivity contribution is 0.228. The maximum atomic E-state index is 6.19. The Kier molecular flexibility index (Phi) is 5.62. The summed E-state index contributed by atoms with van der Waals surface area (Å²) in [4.78, 5) is 0. The van der Waals surface area contributed by atoms with Crippen molar-refractivity contribution in [3.63, 3.8) is 0 Å². The van der Waals surface area contributed by atoms with Crippen molar-refractivity contribution in [1.82, 2.24) is 5.32 Å². The molecule has 15 heavy (non-hydrogen) atoms. The van der Waals surface area contributed by atoms with Gasteiger partial charge in [-0.15, -0.1) is 0 Å². The van der Waals surface area contributed by atoms with Gasteiger partial charge in [0, 0.05) is 0 Å². The largest absolute Gasteiger partial charge is 0.316 e. The van der Waals surface area contributed by atoms with Gasteiger partial charge >= 0.3 is 0 Å². The zero-order valence-corrected chi connectivity index (χ0v) is 10.6. The van der Waals surface area contributed by atoms with Crippen LogP contribution in [0.4, 0.5) is 0 Å². The van der Waals surface area contributed by atoms with Crippen LogP contribution >= 0.6 is 0 Å². The summed E-state index contributed by atoms with van der Waals surface area (Å²) in [6.07, 6.45) is 6.83. The van der Waals surface area contributed by atoms with Gasteiger partial charge < -0.3 is 11.1 Å². The molecule has 0 heterocycles. The van der Waals surface area contributed by atoms with Gasteiger partial charge in [0.1, 0.15) is 0 Å². The molecule has 0 amide bonds.